The summed E-state index contributed by atoms with van der Waals surface area (Å²) in [5.41, 5.74) is 1.04. The Balaban J connectivity index is 1.98. The molecule has 20 heavy (non-hydrogen) atoms. The number of rotatable bonds is 4. The number of hydrogen-bond acceptors (Lipinski definition) is 2. The predicted molar refractivity (Wildman–Crippen MR) is 76.1 cm³/mol. The van der Waals surface area contributed by atoms with Gasteiger partial charge in [-0.3, -0.25) is 0 Å². The summed E-state index contributed by atoms with van der Waals surface area (Å²) in [5.74, 6) is -0.510. The number of nitrogens with one attached hydrogen (secondary N) is 2. The largest absolute Gasteiger partial charge is 0.477 e. The van der Waals surface area contributed by atoms with E-state index in [9.17, 15) is 9.59 Å². The van der Waals surface area contributed by atoms with Gasteiger partial charge in [0.05, 0.1) is 5.69 Å². The monoisotopic (exact) mass is 279 g/mol. The minimum atomic E-state index is -1.08. The zero-order chi connectivity index (χ0) is 14.7. The molecule has 0 bridgehead atoms. The number of carboxylic acids is 1. The number of aromatic amines is 1. The molecule has 0 saturated heterocycles. The molecular weight excluding hydrogens is 258 g/mol. The molecule has 110 valence electrons. The maximum absolute atomic E-state index is 12.1. The minimum absolute atomic E-state index is 0.0186. The molecule has 1 aliphatic carbocycles. The highest BCUT2D eigenvalue weighted by molar-refractivity contribution is 5.99. The third-order valence-corrected chi connectivity index (χ3v) is 3.76. The van der Waals surface area contributed by atoms with Crippen LogP contribution in [-0.2, 0) is 0 Å². The van der Waals surface area contributed by atoms with Crippen LogP contribution < -0.4 is 5.32 Å². The van der Waals surface area contributed by atoms with E-state index in [1.165, 1.54) is 25.7 Å². The van der Waals surface area contributed by atoms with Gasteiger partial charge in [-0.05, 0) is 31.7 Å². The summed E-state index contributed by atoms with van der Waals surface area (Å²) in [4.78, 5) is 27.5. The maximum Gasteiger partial charge on any atom is 0.354 e. The molecule has 2 rings (SSSR count). The zero-order valence-corrected chi connectivity index (χ0v) is 11.9. The van der Waals surface area contributed by atoms with Crippen LogP contribution in [-0.4, -0.2) is 40.6 Å². The van der Waals surface area contributed by atoms with Crippen LogP contribution in [0.4, 0.5) is 10.5 Å². The molecule has 0 atom stereocenters. The molecule has 1 saturated carbocycles. The molecule has 0 spiro atoms. The summed E-state index contributed by atoms with van der Waals surface area (Å²) in [7, 11) is 1.74. The zero-order valence-electron chi connectivity index (χ0n) is 11.9. The van der Waals surface area contributed by atoms with Crippen molar-refractivity contribution in [2.75, 3.05) is 18.9 Å². The number of aryl methyl sites for hydroxylation is 1. The van der Waals surface area contributed by atoms with Gasteiger partial charge in [0, 0.05) is 19.3 Å². The smallest absolute Gasteiger partial charge is 0.354 e. The lowest BCUT2D eigenvalue weighted by Gasteiger charge is -2.21. The molecule has 2 amide bonds. The number of aromatic nitrogens is 1. The molecule has 0 radical (unpaired) electrons. The molecule has 6 nitrogen and oxygen atoms in total. The second-order valence-corrected chi connectivity index (χ2v) is 5.51. The fourth-order valence-electron chi connectivity index (χ4n) is 2.73. The summed E-state index contributed by atoms with van der Waals surface area (Å²) in [5, 5.41) is 11.7. The number of H-pyrrole nitrogens is 1. The van der Waals surface area contributed by atoms with Gasteiger partial charge in [-0.25, -0.2) is 9.59 Å². The standard InChI is InChI=1S/C14H21N3O3/c1-9-7-11(12(15-9)13(18)19)16-14(20)17(2)8-10-5-3-4-6-10/h7,10,15H,3-6,8H2,1-2H3,(H,16,20)(H,18,19). The summed E-state index contributed by atoms with van der Waals surface area (Å²) in [6.07, 6.45) is 4.81. The number of carbonyl (C=O) groups excluding carboxylic acids is 1. The number of anilines is 1. The van der Waals surface area contributed by atoms with E-state index in [0.717, 1.165) is 6.54 Å². The third-order valence-electron chi connectivity index (χ3n) is 3.76. The van der Waals surface area contributed by atoms with Crippen molar-refractivity contribution < 1.29 is 14.7 Å². The summed E-state index contributed by atoms with van der Waals surface area (Å²) < 4.78 is 0. The SMILES string of the molecule is Cc1cc(NC(=O)N(C)CC2CCCC2)c(C(=O)O)[nH]1. The van der Waals surface area contributed by atoms with Crippen molar-refractivity contribution >= 4 is 17.7 Å². The van der Waals surface area contributed by atoms with E-state index in [4.69, 9.17) is 5.11 Å². The molecular formula is C14H21N3O3. The van der Waals surface area contributed by atoms with E-state index in [0.29, 0.717) is 17.3 Å². The lowest BCUT2D eigenvalue weighted by Crippen LogP contribution is -2.35. The van der Waals surface area contributed by atoms with Crippen LogP contribution in [0.5, 0.6) is 0 Å². The highest BCUT2D eigenvalue weighted by Crippen LogP contribution is 2.25. The van der Waals surface area contributed by atoms with Crippen LogP contribution in [0, 0.1) is 12.8 Å². The first-order valence-corrected chi connectivity index (χ1v) is 6.92. The lowest BCUT2D eigenvalue weighted by molar-refractivity contribution is 0.0692. The number of amides is 2. The van der Waals surface area contributed by atoms with Crippen LogP contribution in [0.15, 0.2) is 6.07 Å². The first-order valence-electron chi connectivity index (χ1n) is 6.92. The number of hydrogen-bond donors (Lipinski definition) is 3. The van der Waals surface area contributed by atoms with E-state index in [1.807, 2.05) is 0 Å². The maximum atomic E-state index is 12.1. The van der Waals surface area contributed by atoms with Crippen molar-refractivity contribution in [2.24, 2.45) is 5.92 Å². The molecule has 1 heterocycles. The number of aromatic carboxylic acids is 1. The Bertz CT molecular complexity index is 504. The van der Waals surface area contributed by atoms with Crippen LogP contribution in [0.25, 0.3) is 0 Å². The number of nitrogens with zero attached hydrogens (tertiary/aromatic N) is 1. The van der Waals surface area contributed by atoms with Gasteiger partial charge < -0.3 is 20.3 Å². The van der Waals surface area contributed by atoms with Crippen molar-refractivity contribution in [1.82, 2.24) is 9.88 Å². The molecule has 6 heteroatoms. The lowest BCUT2D eigenvalue weighted by atomic mass is 10.1. The number of urea groups is 1. The first-order chi connectivity index (χ1) is 9.47. The van der Waals surface area contributed by atoms with Crippen molar-refractivity contribution in [3.63, 3.8) is 0 Å². The highest BCUT2D eigenvalue weighted by Gasteiger charge is 2.21. The van der Waals surface area contributed by atoms with E-state index < -0.39 is 5.97 Å². The van der Waals surface area contributed by atoms with Crippen LogP contribution in [0.3, 0.4) is 0 Å². The van der Waals surface area contributed by atoms with Crippen molar-refractivity contribution in [1.29, 1.82) is 0 Å². The van der Waals surface area contributed by atoms with E-state index >= 15 is 0 Å². The van der Waals surface area contributed by atoms with Gasteiger partial charge in [-0.2, -0.15) is 0 Å². The average Bonchev–Trinajstić information content (AvgIpc) is 2.98. The molecule has 1 aromatic heterocycles. The number of carbonyl (C=O) groups is 2. The van der Waals surface area contributed by atoms with Crippen molar-refractivity contribution in [3.8, 4) is 0 Å². The van der Waals surface area contributed by atoms with Crippen molar-refractivity contribution in [3.05, 3.63) is 17.5 Å². The third kappa shape index (κ3) is 3.31. The fraction of sp³-hybridized carbons (Fsp3) is 0.571. The predicted octanol–water partition coefficient (Wildman–Crippen LogP) is 2.68. The van der Waals surface area contributed by atoms with Gasteiger partial charge in [0.2, 0.25) is 0 Å². The Morgan fingerprint density at radius 2 is 2.10 bits per heavy atom. The molecule has 1 aromatic rings. The molecule has 0 unspecified atom stereocenters. The van der Waals surface area contributed by atoms with Crippen LogP contribution in [0.2, 0.25) is 0 Å². The second kappa shape index (κ2) is 5.98. The Morgan fingerprint density at radius 3 is 2.70 bits per heavy atom. The molecule has 1 aliphatic rings. The Hall–Kier alpha value is -1.98. The van der Waals surface area contributed by atoms with E-state index in [-0.39, 0.29) is 11.7 Å². The van der Waals surface area contributed by atoms with Gasteiger partial charge in [0.1, 0.15) is 5.69 Å². The Labute approximate surface area is 118 Å². The molecule has 0 aliphatic heterocycles. The summed E-state index contributed by atoms with van der Waals surface area (Å²) in [6.45, 7) is 2.47. The first kappa shape index (κ1) is 14.4. The quantitative estimate of drug-likeness (QED) is 0.792. The average molecular weight is 279 g/mol. The van der Waals surface area contributed by atoms with Gasteiger partial charge in [-0.1, -0.05) is 12.8 Å². The summed E-state index contributed by atoms with van der Waals surface area (Å²) in [6, 6.07) is 1.36. The van der Waals surface area contributed by atoms with Crippen LogP contribution >= 0.6 is 0 Å². The summed E-state index contributed by atoms with van der Waals surface area (Å²) >= 11 is 0. The van der Waals surface area contributed by atoms with Crippen molar-refractivity contribution in [2.45, 2.75) is 32.6 Å². The van der Waals surface area contributed by atoms with Crippen LogP contribution in [0.1, 0.15) is 41.9 Å². The fourth-order valence-corrected chi connectivity index (χ4v) is 2.73. The minimum Gasteiger partial charge on any atom is -0.477 e. The second-order valence-electron chi connectivity index (χ2n) is 5.51. The van der Waals surface area contributed by atoms with Gasteiger partial charge in [0.25, 0.3) is 0 Å². The Morgan fingerprint density at radius 1 is 1.45 bits per heavy atom. The molecule has 0 aromatic carbocycles. The van der Waals surface area contributed by atoms with Gasteiger partial charge >= 0.3 is 12.0 Å². The topological polar surface area (TPSA) is 85.4 Å². The van der Waals surface area contributed by atoms with E-state index in [2.05, 4.69) is 10.3 Å². The Kier molecular flexibility index (Phi) is 4.32. The van der Waals surface area contributed by atoms with E-state index in [1.54, 1.807) is 24.9 Å². The highest BCUT2D eigenvalue weighted by atomic mass is 16.4. The van der Waals surface area contributed by atoms with Gasteiger partial charge in [-0.15, -0.1) is 0 Å². The molecule has 3 N–H and O–H groups in total. The van der Waals surface area contributed by atoms with Gasteiger partial charge in [0.15, 0.2) is 0 Å². The number of carboxylic acid groups (broad SMARTS) is 1. The molecule has 1 fully saturated rings. The normalized spacial score (nSPS) is 15.3.